The average Bonchev–Trinajstić information content (AvgIpc) is 2.59. The van der Waals surface area contributed by atoms with Crippen LogP contribution in [-0.2, 0) is 0 Å². The third kappa shape index (κ3) is 1.83. The molecule has 84 valence electrons. The number of rotatable bonds is 2. The highest BCUT2D eigenvalue weighted by Gasteiger charge is 2.11. The van der Waals surface area contributed by atoms with Crippen molar-refractivity contribution in [3.8, 4) is 0 Å². The molecule has 0 spiro atoms. The van der Waals surface area contributed by atoms with Gasteiger partial charge < -0.3 is 0 Å². The molecule has 2 aromatic rings. The van der Waals surface area contributed by atoms with Gasteiger partial charge in [0.05, 0.1) is 6.04 Å². The lowest BCUT2D eigenvalue weighted by molar-refractivity contribution is 0.599. The summed E-state index contributed by atoms with van der Waals surface area (Å²) in [5, 5.41) is 4.97. The summed E-state index contributed by atoms with van der Waals surface area (Å²) in [5.41, 5.74) is 0.518. The van der Waals surface area contributed by atoms with E-state index in [9.17, 15) is 9.18 Å². The third-order valence-corrected chi connectivity index (χ3v) is 2.75. The van der Waals surface area contributed by atoms with Crippen LogP contribution in [0.5, 0.6) is 0 Å². The maximum absolute atomic E-state index is 12.7. The van der Waals surface area contributed by atoms with Crippen LogP contribution in [0, 0.1) is 10.6 Å². The molecule has 6 heteroatoms. The van der Waals surface area contributed by atoms with Gasteiger partial charge in [0.15, 0.2) is 4.77 Å². The molecule has 0 aliphatic heterocycles. The van der Waals surface area contributed by atoms with E-state index in [1.54, 1.807) is 12.1 Å². The predicted molar refractivity (Wildman–Crippen MR) is 60.5 cm³/mol. The molecule has 0 amide bonds. The molecule has 1 atom stereocenters. The lowest BCUT2D eigenvalue weighted by Gasteiger charge is -2.11. The molecule has 1 heterocycles. The van der Waals surface area contributed by atoms with Crippen molar-refractivity contribution in [3.05, 3.63) is 50.9 Å². The van der Waals surface area contributed by atoms with Crippen LogP contribution in [-0.4, -0.2) is 14.8 Å². The highest BCUT2D eigenvalue weighted by Crippen LogP contribution is 2.16. The number of nitrogens with one attached hydrogen (secondary N) is 2. The zero-order valence-corrected chi connectivity index (χ0v) is 9.34. The van der Waals surface area contributed by atoms with E-state index in [0.717, 1.165) is 5.56 Å². The Morgan fingerprint density at radius 2 is 1.94 bits per heavy atom. The Kier molecular flexibility index (Phi) is 2.74. The van der Waals surface area contributed by atoms with E-state index in [2.05, 4.69) is 10.2 Å². The Morgan fingerprint density at radius 3 is 2.44 bits per heavy atom. The fraction of sp³-hybridized carbons (Fsp3) is 0.200. The summed E-state index contributed by atoms with van der Waals surface area (Å²) in [6.45, 7) is 1.83. The number of halogens is 1. The van der Waals surface area contributed by atoms with E-state index in [0.29, 0.717) is 4.77 Å². The third-order valence-electron chi connectivity index (χ3n) is 2.45. The summed E-state index contributed by atoms with van der Waals surface area (Å²) in [7, 11) is 0. The molecule has 1 aromatic carbocycles. The Morgan fingerprint density at radius 1 is 1.31 bits per heavy atom. The molecule has 0 fully saturated rings. The number of hydrogen-bond donors (Lipinski definition) is 2. The molecule has 1 unspecified atom stereocenters. The van der Waals surface area contributed by atoms with Crippen molar-refractivity contribution in [1.29, 1.82) is 0 Å². The minimum absolute atomic E-state index is 0.233. The van der Waals surface area contributed by atoms with Gasteiger partial charge in [-0.25, -0.2) is 14.3 Å². The minimum Gasteiger partial charge on any atom is -0.272 e. The molecule has 2 N–H and O–H groups in total. The Balaban J connectivity index is 2.47. The summed E-state index contributed by atoms with van der Waals surface area (Å²) in [6.07, 6.45) is 0. The van der Waals surface area contributed by atoms with Crippen molar-refractivity contribution in [2.75, 3.05) is 0 Å². The van der Waals surface area contributed by atoms with Crippen molar-refractivity contribution in [2.45, 2.75) is 13.0 Å². The summed E-state index contributed by atoms with van der Waals surface area (Å²) in [4.78, 5) is 11.5. The Labute approximate surface area is 95.7 Å². The number of aromatic nitrogens is 3. The van der Waals surface area contributed by atoms with Crippen LogP contribution in [0.15, 0.2) is 29.1 Å². The maximum Gasteiger partial charge on any atom is 0.342 e. The molecule has 0 saturated heterocycles. The molecule has 16 heavy (non-hydrogen) atoms. The van der Waals surface area contributed by atoms with Crippen molar-refractivity contribution in [1.82, 2.24) is 14.8 Å². The van der Waals surface area contributed by atoms with E-state index in [4.69, 9.17) is 12.2 Å². The molecule has 1 aromatic heterocycles. The molecule has 4 nitrogen and oxygen atoms in total. The fourth-order valence-electron chi connectivity index (χ4n) is 1.56. The fourth-order valence-corrected chi connectivity index (χ4v) is 1.85. The summed E-state index contributed by atoms with van der Waals surface area (Å²) in [6, 6.07) is 5.75. The number of H-pyrrole nitrogens is 2. The van der Waals surface area contributed by atoms with Crippen LogP contribution in [0.2, 0.25) is 0 Å². The van der Waals surface area contributed by atoms with E-state index < -0.39 is 0 Å². The van der Waals surface area contributed by atoms with Crippen LogP contribution in [0.25, 0.3) is 0 Å². The number of aromatic amines is 2. The lowest BCUT2D eigenvalue weighted by Crippen LogP contribution is -2.21. The molecule has 0 bridgehead atoms. The van der Waals surface area contributed by atoms with Crippen LogP contribution in [0.3, 0.4) is 0 Å². The molecule has 2 rings (SSSR count). The van der Waals surface area contributed by atoms with Crippen LogP contribution in [0.4, 0.5) is 4.39 Å². The van der Waals surface area contributed by atoms with Gasteiger partial charge in [-0.3, -0.25) is 9.67 Å². The van der Waals surface area contributed by atoms with Gasteiger partial charge in [-0.15, -0.1) is 0 Å². The highest BCUT2D eigenvalue weighted by molar-refractivity contribution is 7.71. The minimum atomic E-state index is -0.304. The first-order chi connectivity index (χ1) is 7.59. The molecule has 0 radical (unpaired) electrons. The number of benzene rings is 1. The zero-order valence-electron chi connectivity index (χ0n) is 8.53. The van der Waals surface area contributed by atoms with Crippen molar-refractivity contribution in [2.24, 2.45) is 0 Å². The van der Waals surface area contributed by atoms with Gasteiger partial charge in [-0.1, -0.05) is 12.1 Å². The maximum atomic E-state index is 12.7. The van der Waals surface area contributed by atoms with Gasteiger partial charge in [0.2, 0.25) is 0 Å². The standard InChI is InChI=1S/C10H10FN3OS/c1-6(7-2-4-8(11)5-3-7)14-9(15)12-13-10(14)16/h2-6H,1H3,(H,12,15)(H,13,16). The predicted octanol–water partition coefficient (Wildman–Crippen LogP) is 1.98. The Hall–Kier alpha value is -1.69. The second kappa shape index (κ2) is 4.05. The van der Waals surface area contributed by atoms with E-state index in [-0.39, 0.29) is 17.5 Å². The molecule has 0 saturated carbocycles. The first-order valence-corrected chi connectivity index (χ1v) is 5.15. The van der Waals surface area contributed by atoms with E-state index in [1.165, 1.54) is 16.7 Å². The normalized spacial score (nSPS) is 12.6. The van der Waals surface area contributed by atoms with Crippen molar-refractivity contribution < 1.29 is 4.39 Å². The van der Waals surface area contributed by atoms with Crippen molar-refractivity contribution in [3.63, 3.8) is 0 Å². The lowest BCUT2D eigenvalue weighted by atomic mass is 10.1. The largest absolute Gasteiger partial charge is 0.342 e. The van der Waals surface area contributed by atoms with Gasteiger partial charge in [-0.2, -0.15) is 0 Å². The van der Waals surface area contributed by atoms with E-state index >= 15 is 0 Å². The first-order valence-electron chi connectivity index (χ1n) is 4.74. The molecular weight excluding hydrogens is 229 g/mol. The number of nitrogens with zero attached hydrogens (tertiary/aromatic N) is 1. The SMILES string of the molecule is CC(c1ccc(F)cc1)n1c(=O)[nH][nH]c1=S. The highest BCUT2D eigenvalue weighted by atomic mass is 32.1. The summed E-state index contributed by atoms with van der Waals surface area (Å²) < 4.78 is 14.5. The molecule has 0 aliphatic rings. The topological polar surface area (TPSA) is 53.6 Å². The van der Waals surface area contributed by atoms with Gasteiger partial charge in [-0.05, 0) is 36.8 Å². The summed E-state index contributed by atoms with van der Waals surface area (Å²) in [5.74, 6) is -0.303. The first kappa shape index (κ1) is 10.8. The Bertz CT molecular complexity index is 568. The van der Waals surface area contributed by atoms with Crippen molar-refractivity contribution >= 4 is 12.2 Å². The van der Waals surface area contributed by atoms with Crippen LogP contribution in [0.1, 0.15) is 18.5 Å². The van der Waals surface area contributed by atoms with Crippen LogP contribution < -0.4 is 5.69 Å². The summed E-state index contributed by atoms with van der Waals surface area (Å²) >= 11 is 4.98. The second-order valence-electron chi connectivity index (χ2n) is 3.46. The number of hydrogen-bond acceptors (Lipinski definition) is 2. The van der Waals surface area contributed by atoms with E-state index in [1.807, 2.05) is 6.92 Å². The second-order valence-corrected chi connectivity index (χ2v) is 3.84. The smallest absolute Gasteiger partial charge is 0.272 e. The average molecular weight is 239 g/mol. The quantitative estimate of drug-likeness (QED) is 0.787. The van der Waals surface area contributed by atoms with Crippen LogP contribution >= 0.6 is 12.2 Å². The van der Waals surface area contributed by atoms with Gasteiger partial charge in [0, 0.05) is 0 Å². The molecule has 0 aliphatic carbocycles. The van der Waals surface area contributed by atoms with Gasteiger partial charge in [0.25, 0.3) is 0 Å². The zero-order chi connectivity index (χ0) is 11.7. The van der Waals surface area contributed by atoms with Gasteiger partial charge >= 0.3 is 5.69 Å². The van der Waals surface area contributed by atoms with Gasteiger partial charge in [0.1, 0.15) is 5.82 Å². The molecular formula is C10H10FN3OS. The monoisotopic (exact) mass is 239 g/mol.